The maximum atomic E-state index is 12.6. The summed E-state index contributed by atoms with van der Waals surface area (Å²) in [5.41, 5.74) is 0.374. The second kappa shape index (κ2) is 8.06. The Kier molecular flexibility index (Phi) is 7.55. The molecule has 0 fully saturated rings. The van der Waals surface area contributed by atoms with E-state index in [4.69, 9.17) is 4.74 Å². The molecule has 1 rings (SSSR count). The van der Waals surface area contributed by atoms with E-state index >= 15 is 0 Å². The number of carbonyl (C=O) groups is 1. The van der Waals surface area contributed by atoms with Crippen molar-refractivity contribution >= 4 is 18.4 Å². The molecule has 0 spiro atoms. The van der Waals surface area contributed by atoms with Crippen molar-refractivity contribution in [2.45, 2.75) is 19.9 Å². The summed E-state index contributed by atoms with van der Waals surface area (Å²) in [6.45, 7) is 5.17. The smallest absolute Gasteiger partial charge is 0.338 e. The lowest BCUT2D eigenvalue weighted by molar-refractivity contribution is 0.0461. The average molecular weight is 276 g/mol. The Morgan fingerprint density at radius 1 is 1.33 bits per heavy atom. The number of benzene rings is 1. The number of nitrogens with zero attached hydrogens (tertiary/aromatic N) is 1. The van der Waals surface area contributed by atoms with Gasteiger partial charge in [0.1, 0.15) is 12.4 Å². The molecular weight excluding hydrogens is 257 g/mol. The summed E-state index contributed by atoms with van der Waals surface area (Å²) in [5.74, 6) is -0.775. The Bertz CT molecular complexity index is 368. The lowest BCUT2D eigenvalue weighted by Gasteiger charge is -2.20. The first-order valence-electron chi connectivity index (χ1n) is 5.63. The minimum Gasteiger partial charge on any atom is -0.461 e. The molecule has 0 aliphatic heterocycles. The predicted octanol–water partition coefficient (Wildman–Crippen LogP) is 2.74. The van der Waals surface area contributed by atoms with Crippen molar-refractivity contribution in [2.24, 2.45) is 0 Å². The lowest BCUT2D eigenvalue weighted by atomic mass is 10.2. The van der Waals surface area contributed by atoms with Crippen molar-refractivity contribution in [2.75, 3.05) is 20.2 Å². The van der Waals surface area contributed by atoms with Gasteiger partial charge in [-0.05, 0) is 45.2 Å². The molecule has 102 valence electrons. The molecule has 0 atom stereocenters. The molecule has 5 heteroatoms. The Hall–Kier alpha value is -1.13. The van der Waals surface area contributed by atoms with Gasteiger partial charge in [0, 0.05) is 12.6 Å². The van der Waals surface area contributed by atoms with E-state index in [1.165, 1.54) is 24.3 Å². The first-order chi connectivity index (χ1) is 8.00. The molecule has 0 aliphatic carbocycles. The molecule has 0 unspecified atom stereocenters. The van der Waals surface area contributed by atoms with Gasteiger partial charge in [-0.25, -0.2) is 9.18 Å². The monoisotopic (exact) mass is 275 g/mol. The molecule has 0 radical (unpaired) electrons. The van der Waals surface area contributed by atoms with Crippen LogP contribution in [0.15, 0.2) is 24.3 Å². The van der Waals surface area contributed by atoms with E-state index < -0.39 is 5.97 Å². The molecule has 3 nitrogen and oxygen atoms in total. The summed E-state index contributed by atoms with van der Waals surface area (Å²) in [4.78, 5) is 13.6. The zero-order valence-corrected chi connectivity index (χ0v) is 11.7. The second-order valence-electron chi connectivity index (χ2n) is 4.22. The Labute approximate surface area is 113 Å². The van der Waals surface area contributed by atoms with Gasteiger partial charge in [-0.3, -0.25) is 0 Å². The maximum absolute atomic E-state index is 12.6. The number of rotatable bonds is 5. The first-order valence-corrected chi connectivity index (χ1v) is 5.63. The van der Waals surface area contributed by atoms with E-state index in [1.54, 1.807) is 0 Å². The average Bonchev–Trinajstić information content (AvgIpc) is 2.29. The van der Waals surface area contributed by atoms with Crippen LogP contribution in [0.25, 0.3) is 0 Å². The number of carbonyl (C=O) groups excluding carboxylic acids is 1. The van der Waals surface area contributed by atoms with Crippen molar-refractivity contribution in [3.05, 3.63) is 35.6 Å². The fraction of sp³-hybridized carbons (Fsp3) is 0.462. The van der Waals surface area contributed by atoms with Gasteiger partial charge >= 0.3 is 5.97 Å². The SMILES string of the molecule is CC(C)N(C)CCOC(=O)c1ccc(F)cc1.Cl. The molecule has 0 N–H and O–H groups in total. The van der Waals surface area contributed by atoms with Crippen LogP contribution in [0.4, 0.5) is 4.39 Å². The van der Waals surface area contributed by atoms with Gasteiger partial charge < -0.3 is 9.64 Å². The highest BCUT2D eigenvalue weighted by molar-refractivity contribution is 5.89. The lowest BCUT2D eigenvalue weighted by Crippen LogP contribution is -2.30. The van der Waals surface area contributed by atoms with Gasteiger partial charge in [-0.2, -0.15) is 0 Å². The number of ether oxygens (including phenoxy) is 1. The third-order valence-electron chi connectivity index (χ3n) is 2.64. The molecule has 0 saturated heterocycles. The Balaban J connectivity index is 0.00000289. The van der Waals surface area contributed by atoms with E-state index in [1.807, 2.05) is 7.05 Å². The van der Waals surface area contributed by atoms with Crippen molar-refractivity contribution in [3.8, 4) is 0 Å². The van der Waals surface area contributed by atoms with Gasteiger partial charge in [0.25, 0.3) is 0 Å². The highest BCUT2D eigenvalue weighted by atomic mass is 35.5. The van der Waals surface area contributed by atoms with Crippen LogP contribution in [0.3, 0.4) is 0 Å². The summed E-state index contributed by atoms with van der Waals surface area (Å²) in [7, 11) is 1.97. The topological polar surface area (TPSA) is 29.5 Å². The fourth-order valence-corrected chi connectivity index (χ4v) is 1.21. The summed E-state index contributed by atoms with van der Waals surface area (Å²) >= 11 is 0. The summed E-state index contributed by atoms with van der Waals surface area (Å²) < 4.78 is 17.7. The second-order valence-corrected chi connectivity index (χ2v) is 4.22. The van der Waals surface area contributed by atoms with Crippen molar-refractivity contribution < 1.29 is 13.9 Å². The third-order valence-corrected chi connectivity index (χ3v) is 2.64. The Morgan fingerprint density at radius 2 is 1.89 bits per heavy atom. The van der Waals surface area contributed by atoms with E-state index in [0.717, 1.165) is 0 Å². The number of hydrogen-bond acceptors (Lipinski definition) is 3. The minimum absolute atomic E-state index is 0. The molecule has 0 bridgehead atoms. The van der Waals surface area contributed by atoms with E-state index in [0.29, 0.717) is 24.8 Å². The molecule has 0 amide bonds. The van der Waals surface area contributed by atoms with Crippen LogP contribution >= 0.6 is 12.4 Å². The predicted molar refractivity (Wildman–Crippen MR) is 71.7 cm³/mol. The van der Waals surface area contributed by atoms with E-state index in [2.05, 4.69) is 18.7 Å². The van der Waals surface area contributed by atoms with Crippen molar-refractivity contribution in [1.82, 2.24) is 4.90 Å². The van der Waals surface area contributed by atoms with Crippen LogP contribution in [0, 0.1) is 5.82 Å². The molecule has 1 aromatic rings. The van der Waals surface area contributed by atoms with Crippen LogP contribution in [0.1, 0.15) is 24.2 Å². The van der Waals surface area contributed by atoms with Gasteiger partial charge in [0.15, 0.2) is 0 Å². The van der Waals surface area contributed by atoms with Gasteiger partial charge in [0.2, 0.25) is 0 Å². The zero-order chi connectivity index (χ0) is 12.8. The van der Waals surface area contributed by atoms with Gasteiger partial charge in [0.05, 0.1) is 5.56 Å². The number of hydrogen-bond donors (Lipinski definition) is 0. The quantitative estimate of drug-likeness (QED) is 0.774. The minimum atomic E-state index is -0.415. The molecule has 1 aromatic carbocycles. The highest BCUT2D eigenvalue weighted by Crippen LogP contribution is 2.04. The van der Waals surface area contributed by atoms with Crippen LogP contribution in [0.5, 0.6) is 0 Å². The molecular formula is C13H19ClFNO2. The highest BCUT2D eigenvalue weighted by Gasteiger charge is 2.08. The molecule has 18 heavy (non-hydrogen) atoms. The standard InChI is InChI=1S/C13H18FNO2.ClH/c1-10(2)15(3)8-9-17-13(16)11-4-6-12(14)7-5-11;/h4-7,10H,8-9H2,1-3H3;1H. The number of halogens is 2. The molecule has 0 aliphatic rings. The zero-order valence-electron chi connectivity index (χ0n) is 10.9. The van der Waals surface area contributed by atoms with Gasteiger partial charge in [-0.1, -0.05) is 0 Å². The van der Waals surface area contributed by atoms with E-state index in [-0.39, 0.29) is 18.2 Å². The van der Waals surface area contributed by atoms with Crippen LogP contribution in [-0.4, -0.2) is 37.1 Å². The normalized spacial score (nSPS) is 10.3. The molecule has 0 saturated carbocycles. The van der Waals surface area contributed by atoms with Crippen molar-refractivity contribution in [3.63, 3.8) is 0 Å². The van der Waals surface area contributed by atoms with Crippen molar-refractivity contribution in [1.29, 1.82) is 0 Å². The fourth-order valence-electron chi connectivity index (χ4n) is 1.21. The van der Waals surface area contributed by atoms with Crippen LogP contribution in [0.2, 0.25) is 0 Å². The number of esters is 1. The van der Waals surface area contributed by atoms with Gasteiger partial charge in [-0.15, -0.1) is 12.4 Å². The Morgan fingerprint density at radius 3 is 2.39 bits per heavy atom. The number of likely N-dealkylation sites (N-methyl/N-ethyl adjacent to an activating group) is 1. The third kappa shape index (κ3) is 5.47. The first kappa shape index (κ1) is 16.9. The molecule has 0 aromatic heterocycles. The summed E-state index contributed by atoms with van der Waals surface area (Å²) in [6.07, 6.45) is 0. The largest absolute Gasteiger partial charge is 0.461 e. The summed E-state index contributed by atoms with van der Waals surface area (Å²) in [5, 5.41) is 0. The summed E-state index contributed by atoms with van der Waals surface area (Å²) in [6, 6.07) is 5.75. The molecule has 0 heterocycles. The maximum Gasteiger partial charge on any atom is 0.338 e. The van der Waals surface area contributed by atoms with Crippen LogP contribution < -0.4 is 0 Å². The van der Waals surface area contributed by atoms with Crippen LogP contribution in [-0.2, 0) is 4.74 Å². The van der Waals surface area contributed by atoms with E-state index in [9.17, 15) is 9.18 Å².